The number of amides is 1. The highest BCUT2D eigenvalue weighted by Crippen LogP contribution is 2.11. The topological polar surface area (TPSA) is 70.4 Å². The second kappa shape index (κ2) is 10.1. The minimum Gasteiger partial charge on any atom is -0.451 e. The standard InChI is InChI=1S/C23H24N2O3/c1-17(2)25(15-20-7-5-4-6-8-20)22(26)16-28-23(27)21(14-24)13-19-11-9-18(3)10-12-19/h4-13,17H,15-16H2,1-3H3/b21-13+. The molecule has 28 heavy (non-hydrogen) atoms. The Morgan fingerprint density at radius 1 is 1.11 bits per heavy atom. The van der Waals surface area contributed by atoms with E-state index < -0.39 is 12.6 Å². The van der Waals surface area contributed by atoms with Gasteiger partial charge >= 0.3 is 5.97 Å². The number of hydrogen-bond acceptors (Lipinski definition) is 4. The number of rotatable bonds is 7. The fourth-order valence-corrected chi connectivity index (χ4v) is 2.59. The second-order valence-electron chi connectivity index (χ2n) is 6.76. The van der Waals surface area contributed by atoms with Crippen molar-refractivity contribution < 1.29 is 14.3 Å². The largest absolute Gasteiger partial charge is 0.451 e. The van der Waals surface area contributed by atoms with Crippen LogP contribution >= 0.6 is 0 Å². The Balaban J connectivity index is 2.01. The van der Waals surface area contributed by atoms with E-state index in [-0.39, 0.29) is 17.5 Å². The highest BCUT2D eigenvalue weighted by molar-refractivity contribution is 5.98. The van der Waals surface area contributed by atoms with Crippen molar-refractivity contribution in [3.05, 3.63) is 76.9 Å². The summed E-state index contributed by atoms with van der Waals surface area (Å²) < 4.78 is 5.10. The lowest BCUT2D eigenvalue weighted by atomic mass is 10.1. The first-order valence-corrected chi connectivity index (χ1v) is 9.09. The van der Waals surface area contributed by atoms with E-state index in [4.69, 9.17) is 4.74 Å². The molecule has 0 saturated heterocycles. The van der Waals surface area contributed by atoms with Crippen molar-refractivity contribution in [1.82, 2.24) is 4.90 Å². The van der Waals surface area contributed by atoms with E-state index in [0.717, 1.165) is 16.7 Å². The molecule has 5 nitrogen and oxygen atoms in total. The number of benzene rings is 2. The predicted molar refractivity (Wildman–Crippen MR) is 108 cm³/mol. The number of aryl methyl sites for hydroxylation is 1. The second-order valence-corrected chi connectivity index (χ2v) is 6.76. The van der Waals surface area contributed by atoms with E-state index in [1.807, 2.05) is 81.4 Å². The molecule has 0 aromatic heterocycles. The van der Waals surface area contributed by atoms with Crippen molar-refractivity contribution in [3.8, 4) is 6.07 Å². The number of nitrogens with zero attached hydrogens (tertiary/aromatic N) is 2. The Hall–Kier alpha value is -3.39. The Labute approximate surface area is 165 Å². The number of carbonyl (C=O) groups is 2. The van der Waals surface area contributed by atoms with E-state index in [9.17, 15) is 14.9 Å². The number of ether oxygens (including phenoxy) is 1. The summed E-state index contributed by atoms with van der Waals surface area (Å²) in [6, 6.07) is 18.8. The van der Waals surface area contributed by atoms with E-state index in [1.54, 1.807) is 4.90 Å². The van der Waals surface area contributed by atoms with Crippen LogP contribution in [0, 0.1) is 18.3 Å². The van der Waals surface area contributed by atoms with Crippen LogP contribution in [0.2, 0.25) is 0 Å². The monoisotopic (exact) mass is 376 g/mol. The molecule has 0 fully saturated rings. The molecule has 0 atom stereocenters. The minimum absolute atomic E-state index is 0.0510. The number of nitriles is 1. The first kappa shape index (κ1) is 20.9. The van der Waals surface area contributed by atoms with Crippen LogP contribution in [0.5, 0.6) is 0 Å². The average molecular weight is 376 g/mol. The normalized spacial score (nSPS) is 11.0. The molecule has 2 rings (SSSR count). The summed E-state index contributed by atoms with van der Waals surface area (Å²) in [5.41, 5.74) is 2.65. The van der Waals surface area contributed by atoms with Crippen LogP contribution in [0.25, 0.3) is 6.08 Å². The number of carbonyl (C=O) groups excluding carboxylic acids is 2. The molecule has 1 amide bonds. The van der Waals surface area contributed by atoms with E-state index in [2.05, 4.69) is 0 Å². The molecule has 0 aliphatic carbocycles. The van der Waals surface area contributed by atoms with Crippen LogP contribution < -0.4 is 0 Å². The zero-order valence-corrected chi connectivity index (χ0v) is 16.4. The molecule has 0 aliphatic heterocycles. The molecule has 0 N–H and O–H groups in total. The third-order valence-corrected chi connectivity index (χ3v) is 4.19. The van der Waals surface area contributed by atoms with Gasteiger partial charge in [0.1, 0.15) is 11.6 Å². The van der Waals surface area contributed by atoms with Crippen LogP contribution in [0.3, 0.4) is 0 Å². The summed E-state index contributed by atoms with van der Waals surface area (Å²) in [6.07, 6.45) is 1.45. The summed E-state index contributed by atoms with van der Waals surface area (Å²) in [4.78, 5) is 26.4. The molecule has 2 aromatic rings. The maximum absolute atomic E-state index is 12.5. The third-order valence-electron chi connectivity index (χ3n) is 4.19. The Bertz CT molecular complexity index is 878. The van der Waals surface area contributed by atoms with Crippen molar-refractivity contribution >= 4 is 18.0 Å². The molecular formula is C23H24N2O3. The van der Waals surface area contributed by atoms with Gasteiger partial charge in [0.25, 0.3) is 5.91 Å². The Morgan fingerprint density at radius 3 is 2.32 bits per heavy atom. The first-order chi connectivity index (χ1) is 13.4. The highest BCUT2D eigenvalue weighted by atomic mass is 16.5. The van der Waals surface area contributed by atoms with Gasteiger partial charge in [0.2, 0.25) is 0 Å². The van der Waals surface area contributed by atoms with Gasteiger partial charge in [0, 0.05) is 12.6 Å². The quantitative estimate of drug-likeness (QED) is 0.418. The summed E-state index contributed by atoms with van der Waals surface area (Å²) in [7, 11) is 0. The maximum atomic E-state index is 12.5. The summed E-state index contributed by atoms with van der Waals surface area (Å²) >= 11 is 0. The lowest BCUT2D eigenvalue weighted by Gasteiger charge is -2.26. The van der Waals surface area contributed by atoms with Crippen molar-refractivity contribution in [1.29, 1.82) is 5.26 Å². The van der Waals surface area contributed by atoms with Gasteiger partial charge in [-0.3, -0.25) is 4.79 Å². The summed E-state index contributed by atoms with van der Waals surface area (Å²) in [5, 5.41) is 9.26. The van der Waals surface area contributed by atoms with Gasteiger partial charge in [-0.1, -0.05) is 60.2 Å². The van der Waals surface area contributed by atoms with Crippen molar-refractivity contribution in [2.75, 3.05) is 6.61 Å². The SMILES string of the molecule is Cc1ccc(/C=C(\C#N)C(=O)OCC(=O)N(Cc2ccccc2)C(C)C)cc1. The van der Waals surface area contributed by atoms with Gasteiger partial charge in [-0.15, -0.1) is 0 Å². The van der Waals surface area contributed by atoms with E-state index in [0.29, 0.717) is 6.54 Å². The molecule has 5 heteroatoms. The molecule has 144 valence electrons. The smallest absolute Gasteiger partial charge is 0.349 e. The van der Waals surface area contributed by atoms with Crippen LogP contribution in [0.4, 0.5) is 0 Å². The zero-order valence-electron chi connectivity index (χ0n) is 16.4. The van der Waals surface area contributed by atoms with Crippen LogP contribution in [0.1, 0.15) is 30.5 Å². The fraction of sp³-hybridized carbons (Fsp3) is 0.261. The van der Waals surface area contributed by atoms with Gasteiger partial charge in [0.05, 0.1) is 0 Å². The van der Waals surface area contributed by atoms with Crippen molar-refractivity contribution in [2.45, 2.75) is 33.4 Å². The maximum Gasteiger partial charge on any atom is 0.349 e. The number of esters is 1. The molecule has 0 unspecified atom stereocenters. The Kier molecular flexibility index (Phi) is 7.53. The van der Waals surface area contributed by atoms with Crippen LogP contribution in [0.15, 0.2) is 60.2 Å². The van der Waals surface area contributed by atoms with Crippen molar-refractivity contribution in [2.24, 2.45) is 0 Å². The fourth-order valence-electron chi connectivity index (χ4n) is 2.59. The first-order valence-electron chi connectivity index (χ1n) is 9.09. The predicted octanol–water partition coefficient (Wildman–Crippen LogP) is 3.88. The van der Waals surface area contributed by atoms with Crippen LogP contribution in [-0.4, -0.2) is 29.4 Å². The van der Waals surface area contributed by atoms with Crippen LogP contribution in [-0.2, 0) is 20.9 Å². The molecular weight excluding hydrogens is 352 g/mol. The molecule has 0 bridgehead atoms. The lowest BCUT2D eigenvalue weighted by molar-refractivity contribution is -0.149. The Morgan fingerprint density at radius 2 is 1.75 bits per heavy atom. The summed E-state index contributed by atoms with van der Waals surface area (Å²) in [5.74, 6) is -1.11. The van der Waals surface area contributed by atoms with Gasteiger partial charge in [-0.25, -0.2) is 4.79 Å². The van der Waals surface area contributed by atoms with Gasteiger partial charge in [-0.05, 0) is 38.0 Å². The van der Waals surface area contributed by atoms with E-state index >= 15 is 0 Å². The van der Waals surface area contributed by atoms with Gasteiger partial charge in [0.15, 0.2) is 6.61 Å². The highest BCUT2D eigenvalue weighted by Gasteiger charge is 2.20. The third kappa shape index (κ3) is 6.10. The average Bonchev–Trinajstić information content (AvgIpc) is 2.70. The minimum atomic E-state index is -0.806. The number of hydrogen-bond donors (Lipinski definition) is 0. The van der Waals surface area contributed by atoms with Crippen molar-refractivity contribution in [3.63, 3.8) is 0 Å². The molecule has 0 heterocycles. The molecule has 0 saturated carbocycles. The van der Waals surface area contributed by atoms with E-state index in [1.165, 1.54) is 6.08 Å². The summed E-state index contributed by atoms with van der Waals surface area (Å²) in [6.45, 7) is 5.78. The zero-order chi connectivity index (χ0) is 20.5. The molecule has 0 radical (unpaired) electrons. The molecule has 0 spiro atoms. The van der Waals surface area contributed by atoms with Gasteiger partial charge < -0.3 is 9.64 Å². The lowest BCUT2D eigenvalue weighted by Crippen LogP contribution is -2.39. The molecule has 2 aromatic carbocycles. The van der Waals surface area contributed by atoms with Gasteiger partial charge in [-0.2, -0.15) is 5.26 Å². The molecule has 0 aliphatic rings.